The highest BCUT2D eigenvalue weighted by atomic mass is 35.5. The van der Waals surface area contributed by atoms with Crippen LogP contribution >= 0.6 is 12.4 Å². The molecule has 0 radical (unpaired) electrons. The largest absolute Gasteiger partial charge is 0.342 e. The molecule has 1 fully saturated rings. The first-order chi connectivity index (χ1) is 10.9. The monoisotopic (exact) mass is 358 g/mol. The van der Waals surface area contributed by atoms with Gasteiger partial charge >= 0.3 is 0 Å². The molecule has 1 unspecified atom stereocenters. The Morgan fingerprint density at radius 2 is 2.17 bits per heavy atom. The summed E-state index contributed by atoms with van der Waals surface area (Å²) in [5.74, 6) is 2.20. The number of hydrogen-bond donors (Lipinski definition) is 1. The fraction of sp³-hybridized carbons (Fsp3) is 0.824. The minimum absolute atomic E-state index is 0. The van der Waals surface area contributed by atoms with Gasteiger partial charge in [-0.3, -0.25) is 4.79 Å². The lowest BCUT2D eigenvalue weighted by Gasteiger charge is -2.32. The predicted molar refractivity (Wildman–Crippen MR) is 96.4 cm³/mol. The molecule has 24 heavy (non-hydrogen) atoms. The van der Waals surface area contributed by atoms with Gasteiger partial charge in [0.25, 0.3) is 0 Å². The normalized spacial score (nSPS) is 18.3. The van der Waals surface area contributed by atoms with E-state index in [9.17, 15) is 4.79 Å². The number of amides is 1. The summed E-state index contributed by atoms with van der Waals surface area (Å²) in [7, 11) is 1.97. The number of aromatic nitrogens is 2. The highest BCUT2D eigenvalue weighted by Crippen LogP contribution is 2.20. The van der Waals surface area contributed by atoms with Gasteiger partial charge in [0.1, 0.15) is 0 Å². The van der Waals surface area contributed by atoms with Gasteiger partial charge in [-0.15, -0.1) is 12.4 Å². The van der Waals surface area contributed by atoms with Gasteiger partial charge in [-0.05, 0) is 38.8 Å². The highest BCUT2D eigenvalue weighted by molar-refractivity contribution is 5.85. The zero-order valence-electron chi connectivity index (χ0n) is 15.3. The Hall–Kier alpha value is -1.14. The van der Waals surface area contributed by atoms with E-state index in [1.165, 1.54) is 6.42 Å². The molecule has 2 rings (SSSR count). The van der Waals surface area contributed by atoms with Crippen LogP contribution in [0.1, 0.15) is 58.2 Å². The van der Waals surface area contributed by atoms with Gasteiger partial charge < -0.3 is 14.7 Å². The lowest BCUT2D eigenvalue weighted by atomic mass is 9.96. The first kappa shape index (κ1) is 20.9. The van der Waals surface area contributed by atoms with Crippen LogP contribution in [0.15, 0.2) is 4.52 Å². The summed E-state index contributed by atoms with van der Waals surface area (Å²) in [6, 6.07) is 0. The van der Waals surface area contributed by atoms with Crippen molar-refractivity contribution in [2.45, 2.75) is 58.3 Å². The number of piperidine rings is 1. The molecule has 0 spiro atoms. The molecule has 1 saturated heterocycles. The van der Waals surface area contributed by atoms with Crippen molar-refractivity contribution >= 4 is 18.3 Å². The molecule has 6 nitrogen and oxygen atoms in total. The van der Waals surface area contributed by atoms with Crippen LogP contribution in [0.3, 0.4) is 0 Å². The lowest BCUT2D eigenvalue weighted by molar-refractivity contribution is -0.133. The van der Waals surface area contributed by atoms with E-state index in [0.29, 0.717) is 24.7 Å². The van der Waals surface area contributed by atoms with Gasteiger partial charge in [-0.25, -0.2) is 0 Å². The van der Waals surface area contributed by atoms with E-state index < -0.39 is 0 Å². The average Bonchev–Trinajstić information content (AvgIpc) is 2.97. The van der Waals surface area contributed by atoms with Crippen LogP contribution in [-0.2, 0) is 16.6 Å². The summed E-state index contributed by atoms with van der Waals surface area (Å²) in [5.41, 5.74) is -0.103. The Bertz CT molecular complexity index is 511. The minimum Gasteiger partial charge on any atom is -0.342 e. The van der Waals surface area contributed by atoms with Crippen LogP contribution in [-0.4, -0.2) is 47.6 Å². The highest BCUT2D eigenvalue weighted by Gasteiger charge is 2.23. The number of rotatable bonds is 6. The van der Waals surface area contributed by atoms with E-state index in [2.05, 4.69) is 36.2 Å². The van der Waals surface area contributed by atoms with Crippen molar-refractivity contribution in [2.24, 2.45) is 5.92 Å². The number of likely N-dealkylation sites (tertiary alicyclic amines) is 1. The SMILES string of the molecule is CNCC1CCCN(C(=O)CCCc2nc(C(C)(C)C)no2)C1.Cl. The lowest BCUT2D eigenvalue weighted by Crippen LogP contribution is -2.42. The molecule has 1 amide bonds. The minimum atomic E-state index is -0.103. The Morgan fingerprint density at radius 3 is 2.79 bits per heavy atom. The number of carbonyl (C=O) groups is 1. The third kappa shape index (κ3) is 6.06. The van der Waals surface area contributed by atoms with Gasteiger partial charge in [0.15, 0.2) is 5.82 Å². The fourth-order valence-electron chi connectivity index (χ4n) is 2.96. The molecule has 0 bridgehead atoms. The molecule has 0 aromatic carbocycles. The first-order valence-corrected chi connectivity index (χ1v) is 8.65. The van der Waals surface area contributed by atoms with Crippen LogP contribution < -0.4 is 5.32 Å². The van der Waals surface area contributed by atoms with E-state index in [-0.39, 0.29) is 23.7 Å². The average molecular weight is 359 g/mol. The number of nitrogens with zero attached hydrogens (tertiary/aromatic N) is 3. The number of aryl methyl sites for hydroxylation is 1. The quantitative estimate of drug-likeness (QED) is 0.846. The molecule has 138 valence electrons. The Kier molecular flexibility index (Phi) is 8.16. The zero-order valence-corrected chi connectivity index (χ0v) is 16.1. The molecule has 1 aromatic heterocycles. The van der Waals surface area contributed by atoms with Crippen molar-refractivity contribution in [1.82, 2.24) is 20.4 Å². The Labute approximate surface area is 151 Å². The third-order valence-electron chi connectivity index (χ3n) is 4.28. The van der Waals surface area contributed by atoms with Crippen molar-refractivity contribution in [3.05, 3.63) is 11.7 Å². The molecule has 1 atom stereocenters. The molecule has 1 aliphatic heterocycles. The summed E-state index contributed by atoms with van der Waals surface area (Å²) in [4.78, 5) is 18.8. The molecule has 1 N–H and O–H groups in total. The molecule has 0 aliphatic carbocycles. The van der Waals surface area contributed by atoms with Crippen LogP contribution in [0.2, 0.25) is 0 Å². The van der Waals surface area contributed by atoms with Gasteiger partial charge in [-0.1, -0.05) is 25.9 Å². The van der Waals surface area contributed by atoms with E-state index in [1.807, 2.05) is 11.9 Å². The summed E-state index contributed by atoms with van der Waals surface area (Å²) in [5, 5.41) is 7.23. The van der Waals surface area contributed by atoms with Crippen LogP contribution in [0, 0.1) is 5.92 Å². The maximum atomic E-state index is 12.3. The van der Waals surface area contributed by atoms with E-state index >= 15 is 0 Å². The summed E-state index contributed by atoms with van der Waals surface area (Å²) >= 11 is 0. The topological polar surface area (TPSA) is 71.3 Å². The van der Waals surface area contributed by atoms with Gasteiger partial charge in [0, 0.05) is 31.3 Å². The molecule has 0 saturated carbocycles. The molecule has 7 heteroatoms. The number of hydrogen-bond acceptors (Lipinski definition) is 5. The van der Waals surface area contributed by atoms with Crippen LogP contribution in [0.25, 0.3) is 0 Å². The third-order valence-corrected chi connectivity index (χ3v) is 4.28. The summed E-state index contributed by atoms with van der Waals surface area (Å²) < 4.78 is 5.27. The van der Waals surface area contributed by atoms with Gasteiger partial charge in [0.2, 0.25) is 11.8 Å². The molecule has 1 aliphatic rings. The van der Waals surface area contributed by atoms with Crippen molar-refractivity contribution in [1.29, 1.82) is 0 Å². The van der Waals surface area contributed by atoms with Crippen LogP contribution in [0.5, 0.6) is 0 Å². The molecular formula is C17H31ClN4O2. The molecular weight excluding hydrogens is 328 g/mol. The standard InChI is InChI=1S/C17H30N4O2.ClH/c1-17(2,3)16-19-14(23-20-16)8-5-9-15(22)21-10-6-7-13(12-21)11-18-4;/h13,18H,5-12H2,1-4H3;1H. The predicted octanol–water partition coefficient (Wildman–Crippen LogP) is 2.57. The van der Waals surface area contributed by atoms with Crippen molar-refractivity contribution in [2.75, 3.05) is 26.7 Å². The summed E-state index contributed by atoms with van der Waals surface area (Å²) in [6.07, 6.45) is 4.30. The second kappa shape index (κ2) is 9.37. The van der Waals surface area contributed by atoms with Crippen LogP contribution in [0.4, 0.5) is 0 Å². The number of halogens is 1. The van der Waals surface area contributed by atoms with Crippen molar-refractivity contribution in [3.63, 3.8) is 0 Å². The second-order valence-electron chi connectivity index (χ2n) is 7.52. The smallest absolute Gasteiger partial charge is 0.226 e. The fourth-order valence-corrected chi connectivity index (χ4v) is 2.96. The van der Waals surface area contributed by atoms with Crippen molar-refractivity contribution < 1.29 is 9.32 Å². The maximum absolute atomic E-state index is 12.3. The second-order valence-corrected chi connectivity index (χ2v) is 7.52. The van der Waals surface area contributed by atoms with E-state index in [0.717, 1.165) is 38.3 Å². The number of carbonyl (C=O) groups excluding carboxylic acids is 1. The molecule has 2 heterocycles. The van der Waals surface area contributed by atoms with E-state index in [4.69, 9.17) is 4.52 Å². The Balaban J connectivity index is 0.00000288. The molecule has 1 aromatic rings. The summed E-state index contributed by atoms with van der Waals surface area (Å²) in [6.45, 7) is 8.94. The maximum Gasteiger partial charge on any atom is 0.226 e. The van der Waals surface area contributed by atoms with Gasteiger partial charge in [-0.2, -0.15) is 4.98 Å². The number of nitrogens with one attached hydrogen (secondary N) is 1. The Morgan fingerprint density at radius 1 is 1.42 bits per heavy atom. The van der Waals surface area contributed by atoms with E-state index in [1.54, 1.807) is 0 Å². The zero-order chi connectivity index (χ0) is 16.9. The van der Waals surface area contributed by atoms with Gasteiger partial charge in [0.05, 0.1) is 0 Å². The van der Waals surface area contributed by atoms with Crippen molar-refractivity contribution in [3.8, 4) is 0 Å². The first-order valence-electron chi connectivity index (χ1n) is 8.65.